The lowest BCUT2D eigenvalue weighted by molar-refractivity contribution is -0.143. The van der Waals surface area contributed by atoms with E-state index in [1.807, 2.05) is 45.0 Å². The molecule has 0 fully saturated rings. The first kappa shape index (κ1) is 35.1. The Hall–Kier alpha value is -3.12. The SMILES string of the molecule is CCCC(C)C(=O)/C=C/C(=O)OC(C)COc1ccc(C(C)(C)c2ccc(OCC(C)OC(C)(C)CCC)cc2)cc1. The van der Waals surface area contributed by atoms with Gasteiger partial charge in [0.25, 0.3) is 0 Å². The molecule has 3 unspecified atom stereocenters. The van der Waals surface area contributed by atoms with Crippen molar-refractivity contribution in [1.29, 1.82) is 0 Å². The number of ketones is 1. The van der Waals surface area contributed by atoms with Gasteiger partial charge in [-0.3, -0.25) is 4.79 Å². The van der Waals surface area contributed by atoms with Crippen LogP contribution in [0.5, 0.6) is 11.5 Å². The topological polar surface area (TPSA) is 71.1 Å². The Balaban J connectivity index is 1.87. The van der Waals surface area contributed by atoms with E-state index in [1.165, 1.54) is 17.7 Å². The van der Waals surface area contributed by atoms with Crippen LogP contribution >= 0.6 is 0 Å². The zero-order chi connectivity index (χ0) is 31.3. The summed E-state index contributed by atoms with van der Waals surface area (Å²) >= 11 is 0. The third-order valence-corrected chi connectivity index (χ3v) is 7.40. The average molecular weight is 581 g/mol. The van der Waals surface area contributed by atoms with Crippen LogP contribution in [0.3, 0.4) is 0 Å². The predicted molar refractivity (Wildman–Crippen MR) is 169 cm³/mol. The Bertz CT molecular complexity index is 1130. The number of carbonyl (C=O) groups excluding carboxylic acids is 2. The van der Waals surface area contributed by atoms with Crippen molar-refractivity contribution >= 4 is 11.8 Å². The molecule has 42 heavy (non-hydrogen) atoms. The Kier molecular flexibility index (Phi) is 13.8. The third kappa shape index (κ3) is 11.6. The number of benzene rings is 2. The molecule has 0 aromatic heterocycles. The molecule has 6 nitrogen and oxygen atoms in total. The maximum Gasteiger partial charge on any atom is 0.331 e. The van der Waals surface area contributed by atoms with Crippen LogP contribution < -0.4 is 9.47 Å². The summed E-state index contributed by atoms with van der Waals surface area (Å²) in [5, 5.41) is 0. The summed E-state index contributed by atoms with van der Waals surface area (Å²) in [4.78, 5) is 24.1. The first-order valence-electron chi connectivity index (χ1n) is 15.3. The van der Waals surface area contributed by atoms with Crippen molar-refractivity contribution in [1.82, 2.24) is 0 Å². The Morgan fingerprint density at radius 1 is 0.738 bits per heavy atom. The summed E-state index contributed by atoms with van der Waals surface area (Å²) in [6.07, 6.45) is 5.88. The molecule has 0 aliphatic heterocycles. The molecule has 0 N–H and O–H groups in total. The van der Waals surface area contributed by atoms with E-state index in [2.05, 4.69) is 58.9 Å². The molecule has 3 atom stereocenters. The molecule has 0 aliphatic carbocycles. The van der Waals surface area contributed by atoms with Gasteiger partial charge in [0.15, 0.2) is 5.78 Å². The molecule has 6 heteroatoms. The number of hydrogen-bond acceptors (Lipinski definition) is 6. The van der Waals surface area contributed by atoms with Gasteiger partial charge in [0, 0.05) is 17.4 Å². The van der Waals surface area contributed by atoms with Gasteiger partial charge >= 0.3 is 5.97 Å². The van der Waals surface area contributed by atoms with Crippen molar-refractivity contribution in [2.75, 3.05) is 13.2 Å². The first-order chi connectivity index (χ1) is 19.8. The zero-order valence-corrected chi connectivity index (χ0v) is 27.2. The number of esters is 1. The quantitative estimate of drug-likeness (QED) is 0.131. The molecule has 2 rings (SSSR count). The lowest BCUT2D eigenvalue weighted by Gasteiger charge is -2.29. The monoisotopic (exact) mass is 580 g/mol. The van der Waals surface area contributed by atoms with Crippen LogP contribution in [-0.2, 0) is 24.5 Å². The molecule has 0 amide bonds. The van der Waals surface area contributed by atoms with Crippen LogP contribution in [0.15, 0.2) is 60.7 Å². The van der Waals surface area contributed by atoms with Crippen LogP contribution in [0.2, 0.25) is 0 Å². The highest BCUT2D eigenvalue weighted by Crippen LogP contribution is 2.33. The molecule has 232 valence electrons. The summed E-state index contributed by atoms with van der Waals surface area (Å²) in [7, 11) is 0. The van der Waals surface area contributed by atoms with Gasteiger partial charge in [0.1, 0.15) is 30.8 Å². The minimum absolute atomic E-state index is 0.00481. The van der Waals surface area contributed by atoms with Gasteiger partial charge in [-0.05, 0) is 82.0 Å². The van der Waals surface area contributed by atoms with Gasteiger partial charge < -0.3 is 18.9 Å². The first-order valence-corrected chi connectivity index (χ1v) is 15.3. The van der Waals surface area contributed by atoms with Gasteiger partial charge in [0.2, 0.25) is 0 Å². The van der Waals surface area contributed by atoms with Crippen LogP contribution in [-0.4, -0.2) is 42.8 Å². The van der Waals surface area contributed by atoms with Crippen molar-refractivity contribution in [3.63, 3.8) is 0 Å². The van der Waals surface area contributed by atoms with Crippen molar-refractivity contribution in [2.24, 2.45) is 5.92 Å². The molecular formula is C36H52O6. The highest BCUT2D eigenvalue weighted by molar-refractivity contribution is 5.97. The predicted octanol–water partition coefficient (Wildman–Crippen LogP) is 8.25. The largest absolute Gasteiger partial charge is 0.491 e. The van der Waals surface area contributed by atoms with E-state index in [0.717, 1.165) is 37.0 Å². The highest BCUT2D eigenvalue weighted by atomic mass is 16.6. The Morgan fingerprint density at radius 2 is 1.24 bits per heavy atom. The van der Waals surface area contributed by atoms with Gasteiger partial charge in [0.05, 0.1) is 11.7 Å². The van der Waals surface area contributed by atoms with Crippen molar-refractivity contribution in [2.45, 2.75) is 111 Å². The van der Waals surface area contributed by atoms with E-state index in [9.17, 15) is 9.59 Å². The summed E-state index contributed by atoms with van der Waals surface area (Å²) < 4.78 is 23.4. The summed E-state index contributed by atoms with van der Waals surface area (Å²) in [5.74, 6) is 0.815. The average Bonchev–Trinajstić information content (AvgIpc) is 2.94. The molecular weight excluding hydrogens is 528 g/mol. The molecule has 0 heterocycles. The summed E-state index contributed by atoms with van der Waals surface area (Å²) in [5.41, 5.74) is 1.95. The van der Waals surface area contributed by atoms with E-state index in [4.69, 9.17) is 18.9 Å². The lowest BCUT2D eigenvalue weighted by Crippen LogP contribution is -2.32. The molecule has 0 bridgehead atoms. The summed E-state index contributed by atoms with van der Waals surface area (Å²) in [6, 6.07) is 16.2. The maximum absolute atomic E-state index is 12.1. The third-order valence-electron chi connectivity index (χ3n) is 7.40. The van der Waals surface area contributed by atoms with Gasteiger partial charge in [-0.25, -0.2) is 4.79 Å². The lowest BCUT2D eigenvalue weighted by atomic mass is 9.78. The summed E-state index contributed by atoms with van der Waals surface area (Å²) in [6.45, 7) is 19.2. The fourth-order valence-corrected chi connectivity index (χ4v) is 4.93. The maximum atomic E-state index is 12.1. The number of carbonyl (C=O) groups is 2. The smallest absolute Gasteiger partial charge is 0.331 e. The minimum atomic E-state index is -0.546. The van der Waals surface area contributed by atoms with E-state index in [0.29, 0.717) is 12.4 Å². The van der Waals surface area contributed by atoms with E-state index < -0.39 is 12.1 Å². The second kappa shape index (κ2) is 16.5. The van der Waals surface area contributed by atoms with Crippen LogP contribution in [0.1, 0.15) is 99.1 Å². The van der Waals surface area contributed by atoms with E-state index in [-0.39, 0.29) is 35.4 Å². The molecule has 2 aromatic carbocycles. The fourth-order valence-electron chi connectivity index (χ4n) is 4.93. The van der Waals surface area contributed by atoms with Crippen LogP contribution in [0, 0.1) is 5.92 Å². The normalized spacial score (nSPS) is 14.3. The molecule has 0 saturated carbocycles. The number of allylic oxidation sites excluding steroid dienone is 1. The zero-order valence-electron chi connectivity index (χ0n) is 27.2. The second-order valence-electron chi connectivity index (χ2n) is 12.4. The Labute approximate surface area is 253 Å². The van der Waals surface area contributed by atoms with Crippen molar-refractivity contribution in [3.05, 3.63) is 71.8 Å². The van der Waals surface area contributed by atoms with Gasteiger partial charge in [-0.2, -0.15) is 0 Å². The molecule has 0 spiro atoms. The van der Waals surface area contributed by atoms with E-state index in [1.54, 1.807) is 6.92 Å². The van der Waals surface area contributed by atoms with Crippen molar-refractivity contribution in [3.8, 4) is 11.5 Å². The molecule has 2 aromatic rings. The van der Waals surface area contributed by atoms with E-state index >= 15 is 0 Å². The minimum Gasteiger partial charge on any atom is -0.491 e. The number of ether oxygens (including phenoxy) is 4. The Morgan fingerprint density at radius 3 is 1.71 bits per heavy atom. The standard InChI is InChI=1S/C36H52O6/c1-10-12-26(3)33(37)21-22-34(38)41-27(4)24-39-31-17-13-29(14-18-31)36(8,9)30-15-19-32(20-16-30)40-25-28(5)42-35(6,7)23-11-2/h13-22,26-28H,10-12,23-25H2,1-9H3/b22-21+. The number of hydrogen-bond donors (Lipinski definition) is 0. The molecule has 0 radical (unpaired) electrons. The second-order valence-corrected chi connectivity index (χ2v) is 12.4. The van der Waals surface area contributed by atoms with Gasteiger partial charge in [-0.15, -0.1) is 0 Å². The highest BCUT2D eigenvalue weighted by Gasteiger charge is 2.24. The van der Waals surface area contributed by atoms with Crippen LogP contribution in [0.4, 0.5) is 0 Å². The van der Waals surface area contributed by atoms with Crippen LogP contribution in [0.25, 0.3) is 0 Å². The molecule has 0 saturated heterocycles. The fraction of sp³-hybridized carbons (Fsp3) is 0.556. The molecule has 0 aliphatic rings. The van der Waals surface area contributed by atoms with Crippen molar-refractivity contribution < 1.29 is 28.5 Å². The number of rotatable bonds is 18. The van der Waals surface area contributed by atoms with Gasteiger partial charge in [-0.1, -0.05) is 71.7 Å².